The lowest BCUT2D eigenvalue weighted by Crippen LogP contribution is -2.32. The predicted molar refractivity (Wildman–Crippen MR) is 119 cm³/mol. The van der Waals surface area contributed by atoms with Gasteiger partial charge in [0.15, 0.2) is 0 Å². The van der Waals surface area contributed by atoms with E-state index in [1.807, 2.05) is 49.3 Å². The number of methoxy groups -OCH3 is 1. The first kappa shape index (κ1) is 21.7. The van der Waals surface area contributed by atoms with Gasteiger partial charge in [0.2, 0.25) is 11.9 Å². The van der Waals surface area contributed by atoms with Gasteiger partial charge in [0, 0.05) is 63.7 Å². The molecule has 0 unspecified atom stereocenters. The molecule has 1 atom stereocenters. The molecule has 4 heterocycles. The Kier molecular flexibility index (Phi) is 6.34. The standard InChI is InChI=1S/C23H28N6O3/c1-15-13-24-10-9-17(15)18-14-25-23(28(2)3)26-22(18)19-6-5-11-29(19)21(30)8-7-16-12-20(31-4)27-32-16/h9-10,12-14,19H,5-8,11H2,1-4H3/t19-/m0/s1. The molecule has 0 aromatic carbocycles. The first-order valence-corrected chi connectivity index (χ1v) is 10.7. The lowest BCUT2D eigenvalue weighted by molar-refractivity contribution is -0.132. The number of carbonyl (C=O) groups is 1. The predicted octanol–water partition coefficient (Wildman–Crippen LogP) is 3.21. The normalized spacial score (nSPS) is 15.8. The Balaban J connectivity index is 1.62. The minimum Gasteiger partial charge on any atom is -0.479 e. The minimum absolute atomic E-state index is 0.0743. The van der Waals surface area contributed by atoms with E-state index in [1.165, 1.54) is 7.11 Å². The summed E-state index contributed by atoms with van der Waals surface area (Å²) in [6.45, 7) is 2.73. The van der Waals surface area contributed by atoms with Crippen molar-refractivity contribution in [2.75, 3.05) is 32.6 Å². The smallest absolute Gasteiger partial charge is 0.254 e. The molecule has 0 bridgehead atoms. The van der Waals surface area contributed by atoms with Crippen LogP contribution < -0.4 is 9.64 Å². The number of ether oxygens (including phenoxy) is 1. The van der Waals surface area contributed by atoms with Crippen molar-refractivity contribution in [2.45, 2.75) is 38.6 Å². The molecule has 3 aromatic rings. The largest absolute Gasteiger partial charge is 0.479 e. The van der Waals surface area contributed by atoms with Crippen LogP contribution in [0.25, 0.3) is 11.1 Å². The van der Waals surface area contributed by atoms with Gasteiger partial charge in [-0.15, -0.1) is 0 Å². The fourth-order valence-corrected chi connectivity index (χ4v) is 4.07. The van der Waals surface area contributed by atoms with Crippen molar-refractivity contribution in [3.05, 3.63) is 47.7 Å². The summed E-state index contributed by atoms with van der Waals surface area (Å²) >= 11 is 0. The van der Waals surface area contributed by atoms with Gasteiger partial charge in [0.25, 0.3) is 5.88 Å². The van der Waals surface area contributed by atoms with Gasteiger partial charge < -0.3 is 19.1 Å². The van der Waals surface area contributed by atoms with E-state index in [-0.39, 0.29) is 11.9 Å². The summed E-state index contributed by atoms with van der Waals surface area (Å²) in [7, 11) is 5.37. The third kappa shape index (κ3) is 4.42. The maximum absolute atomic E-state index is 13.2. The van der Waals surface area contributed by atoms with E-state index >= 15 is 0 Å². The zero-order valence-corrected chi connectivity index (χ0v) is 18.9. The molecule has 4 rings (SSSR count). The van der Waals surface area contributed by atoms with Gasteiger partial charge in [-0.1, -0.05) is 0 Å². The van der Waals surface area contributed by atoms with Gasteiger partial charge in [-0.05, 0) is 42.1 Å². The van der Waals surface area contributed by atoms with Crippen molar-refractivity contribution in [1.29, 1.82) is 0 Å². The van der Waals surface area contributed by atoms with Gasteiger partial charge in [-0.3, -0.25) is 9.78 Å². The molecule has 9 heteroatoms. The molecule has 32 heavy (non-hydrogen) atoms. The molecular formula is C23H28N6O3. The fraction of sp³-hybridized carbons (Fsp3) is 0.435. The number of aromatic nitrogens is 4. The van der Waals surface area contributed by atoms with E-state index in [0.717, 1.165) is 35.2 Å². The molecule has 1 amide bonds. The number of likely N-dealkylation sites (tertiary alicyclic amines) is 1. The monoisotopic (exact) mass is 436 g/mol. The number of anilines is 1. The van der Waals surface area contributed by atoms with Gasteiger partial charge in [0.1, 0.15) is 5.76 Å². The van der Waals surface area contributed by atoms with Crippen molar-refractivity contribution in [2.24, 2.45) is 0 Å². The molecule has 0 radical (unpaired) electrons. The second kappa shape index (κ2) is 9.33. The molecule has 0 spiro atoms. The Morgan fingerprint density at radius 2 is 2.16 bits per heavy atom. The molecule has 168 valence electrons. The molecule has 0 N–H and O–H groups in total. The number of hydrogen-bond acceptors (Lipinski definition) is 8. The number of nitrogens with zero attached hydrogens (tertiary/aromatic N) is 6. The van der Waals surface area contributed by atoms with E-state index in [4.69, 9.17) is 14.2 Å². The first-order chi connectivity index (χ1) is 15.5. The zero-order valence-electron chi connectivity index (χ0n) is 18.9. The maximum Gasteiger partial charge on any atom is 0.254 e. The molecule has 0 saturated carbocycles. The van der Waals surface area contributed by atoms with Crippen molar-refractivity contribution < 1.29 is 14.1 Å². The second-order valence-electron chi connectivity index (χ2n) is 8.13. The first-order valence-electron chi connectivity index (χ1n) is 10.7. The van der Waals surface area contributed by atoms with Gasteiger partial charge >= 0.3 is 0 Å². The van der Waals surface area contributed by atoms with Gasteiger partial charge in [-0.2, -0.15) is 0 Å². The zero-order chi connectivity index (χ0) is 22.7. The summed E-state index contributed by atoms with van der Waals surface area (Å²) in [6.07, 6.45) is 8.08. The van der Waals surface area contributed by atoms with E-state index in [9.17, 15) is 4.79 Å². The van der Waals surface area contributed by atoms with Crippen LogP contribution in [0, 0.1) is 6.92 Å². The number of hydrogen-bond donors (Lipinski definition) is 0. The van der Waals surface area contributed by atoms with E-state index in [2.05, 4.69) is 15.1 Å². The third-order valence-corrected chi connectivity index (χ3v) is 5.74. The van der Waals surface area contributed by atoms with Crippen molar-refractivity contribution in [3.63, 3.8) is 0 Å². The van der Waals surface area contributed by atoms with Crippen LogP contribution in [0.1, 0.15) is 42.3 Å². The van der Waals surface area contributed by atoms with Crippen molar-refractivity contribution >= 4 is 11.9 Å². The molecule has 3 aromatic heterocycles. The summed E-state index contributed by atoms with van der Waals surface area (Å²) in [5.74, 6) is 1.76. The highest BCUT2D eigenvalue weighted by Gasteiger charge is 2.33. The van der Waals surface area contributed by atoms with Crippen molar-refractivity contribution in [1.82, 2.24) is 25.0 Å². The molecule has 1 saturated heterocycles. The average molecular weight is 437 g/mol. The van der Waals surface area contributed by atoms with Gasteiger partial charge in [-0.25, -0.2) is 9.97 Å². The molecule has 1 aliphatic heterocycles. The summed E-state index contributed by atoms with van der Waals surface area (Å²) in [4.78, 5) is 30.6. The van der Waals surface area contributed by atoms with Crippen LogP contribution in [0.15, 0.2) is 35.2 Å². The van der Waals surface area contributed by atoms with E-state index in [0.29, 0.717) is 37.0 Å². The SMILES string of the molecule is COc1cc(CCC(=O)N2CCC[C@H]2c2nc(N(C)C)ncc2-c2ccncc2C)on1. The number of pyridine rings is 1. The maximum atomic E-state index is 13.2. The third-order valence-electron chi connectivity index (χ3n) is 5.74. The molecule has 0 aliphatic carbocycles. The van der Waals surface area contributed by atoms with Crippen LogP contribution in [0.4, 0.5) is 5.95 Å². The summed E-state index contributed by atoms with van der Waals surface area (Å²) < 4.78 is 10.3. The van der Waals surface area contributed by atoms with Crippen LogP contribution in [0.3, 0.4) is 0 Å². The summed E-state index contributed by atoms with van der Waals surface area (Å²) in [5, 5.41) is 3.80. The molecular weight excluding hydrogens is 408 g/mol. The fourth-order valence-electron chi connectivity index (χ4n) is 4.07. The Morgan fingerprint density at radius 3 is 2.88 bits per heavy atom. The Hall–Kier alpha value is -3.49. The molecule has 9 nitrogen and oxygen atoms in total. The topological polar surface area (TPSA) is 97.5 Å². The van der Waals surface area contributed by atoms with Crippen LogP contribution in [-0.2, 0) is 11.2 Å². The number of rotatable bonds is 7. The van der Waals surface area contributed by atoms with Crippen LogP contribution in [0.5, 0.6) is 5.88 Å². The second-order valence-corrected chi connectivity index (χ2v) is 8.13. The summed E-state index contributed by atoms with van der Waals surface area (Å²) in [5.41, 5.74) is 3.91. The average Bonchev–Trinajstić information content (AvgIpc) is 3.47. The highest BCUT2D eigenvalue weighted by Crippen LogP contribution is 2.38. The molecule has 1 fully saturated rings. The highest BCUT2D eigenvalue weighted by atomic mass is 16.5. The Labute approximate surface area is 187 Å². The summed E-state index contributed by atoms with van der Waals surface area (Å²) in [6, 6.07) is 3.59. The number of aryl methyl sites for hydroxylation is 2. The van der Waals surface area contributed by atoms with E-state index < -0.39 is 0 Å². The quantitative estimate of drug-likeness (QED) is 0.557. The van der Waals surface area contributed by atoms with Crippen LogP contribution in [0.2, 0.25) is 0 Å². The number of amides is 1. The minimum atomic E-state index is -0.101. The van der Waals surface area contributed by atoms with Crippen LogP contribution in [-0.4, -0.2) is 58.7 Å². The highest BCUT2D eigenvalue weighted by molar-refractivity contribution is 5.78. The lowest BCUT2D eigenvalue weighted by atomic mass is 9.97. The van der Waals surface area contributed by atoms with Crippen LogP contribution >= 0.6 is 0 Å². The Morgan fingerprint density at radius 1 is 1.31 bits per heavy atom. The number of carbonyl (C=O) groups excluding carboxylic acids is 1. The van der Waals surface area contributed by atoms with Crippen molar-refractivity contribution in [3.8, 4) is 17.0 Å². The van der Waals surface area contributed by atoms with Gasteiger partial charge in [0.05, 0.1) is 18.8 Å². The Bertz CT molecular complexity index is 1100. The molecule has 1 aliphatic rings. The van der Waals surface area contributed by atoms with E-state index in [1.54, 1.807) is 12.3 Å². The lowest BCUT2D eigenvalue weighted by Gasteiger charge is -2.27.